The number of amides is 1. The molecule has 0 saturated carbocycles. The molecule has 3 aromatic rings. The fraction of sp³-hybridized carbons (Fsp3) is 0.222. The SMILES string of the molecule is COc1ccc(-c2ccc3c(N)c(C(=O)NC(C)C)sc3n2)cc1. The zero-order valence-corrected chi connectivity index (χ0v) is 14.6. The predicted octanol–water partition coefficient (Wildman–Crippen LogP) is 3.69. The largest absolute Gasteiger partial charge is 0.497 e. The number of ether oxygens (including phenoxy) is 1. The van der Waals surface area contributed by atoms with Crippen LogP contribution in [0, 0.1) is 0 Å². The molecule has 0 aliphatic rings. The van der Waals surface area contributed by atoms with E-state index in [1.807, 2.05) is 50.2 Å². The number of methoxy groups -OCH3 is 1. The van der Waals surface area contributed by atoms with Crippen LogP contribution in [-0.4, -0.2) is 24.0 Å². The van der Waals surface area contributed by atoms with Gasteiger partial charge in [-0.3, -0.25) is 4.79 Å². The molecule has 2 heterocycles. The summed E-state index contributed by atoms with van der Waals surface area (Å²) >= 11 is 1.32. The van der Waals surface area contributed by atoms with Crippen molar-refractivity contribution >= 4 is 33.1 Å². The molecule has 124 valence electrons. The summed E-state index contributed by atoms with van der Waals surface area (Å²) in [4.78, 5) is 18.2. The highest BCUT2D eigenvalue weighted by Crippen LogP contribution is 2.34. The van der Waals surface area contributed by atoms with E-state index >= 15 is 0 Å². The molecular weight excluding hydrogens is 322 g/mol. The van der Waals surface area contributed by atoms with Crippen molar-refractivity contribution in [3.8, 4) is 17.0 Å². The average Bonchev–Trinajstić information content (AvgIpc) is 2.91. The van der Waals surface area contributed by atoms with E-state index in [1.54, 1.807) is 7.11 Å². The lowest BCUT2D eigenvalue weighted by Gasteiger charge is -2.06. The number of pyridine rings is 1. The normalized spacial score (nSPS) is 11.0. The van der Waals surface area contributed by atoms with Crippen LogP contribution in [-0.2, 0) is 0 Å². The molecule has 0 aliphatic heterocycles. The number of anilines is 1. The van der Waals surface area contributed by atoms with Gasteiger partial charge >= 0.3 is 0 Å². The van der Waals surface area contributed by atoms with Gasteiger partial charge in [-0.15, -0.1) is 11.3 Å². The van der Waals surface area contributed by atoms with Gasteiger partial charge in [0, 0.05) is 17.0 Å². The summed E-state index contributed by atoms with van der Waals surface area (Å²) in [7, 11) is 1.64. The summed E-state index contributed by atoms with van der Waals surface area (Å²) < 4.78 is 5.17. The summed E-state index contributed by atoms with van der Waals surface area (Å²) in [6.07, 6.45) is 0. The average molecular weight is 341 g/mol. The maximum Gasteiger partial charge on any atom is 0.263 e. The third kappa shape index (κ3) is 3.05. The van der Waals surface area contributed by atoms with E-state index in [1.165, 1.54) is 11.3 Å². The molecule has 3 N–H and O–H groups in total. The summed E-state index contributed by atoms with van der Waals surface area (Å²) in [5.74, 6) is 0.643. The second-order valence-electron chi connectivity index (χ2n) is 5.75. The molecule has 5 nitrogen and oxygen atoms in total. The van der Waals surface area contributed by atoms with Gasteiger partial charge in [0.1, 0.15) is 15.5 Å². The molecule has 6 heteroatoms. The molecule has 24 heavy (non-hydrogen) atoms. The Kier molecular flexibility index (Phi) is 4.40. The molecule has 0 aliphatic carbocycles. The molecule has 2 aromatic heterocycles. The summed E-state index contributed by atoms with van der Waals surface area (Å²) in [6, 6.07) is 11.6. The molecular formula is C18H19N3O2S. The Bertz CT molecular complexity index is 885. The van der Waals surface area contributed by atoms with Crippen molar-refractivity contribution in [2.45, 2.75) is 19.9 Å². The van der Waals surface area contributed by atoms with Crippen molar-refractivity contribution in [3.63, 3.8) is 0 Å². The highest BCUT2D eigenvalue weighted by atomic mass is 32.1. The minimum Gasteiger partial charge on any atom is -0.497 e. The van der Waals surface area contributed by atoms with Crippen molar-refractivity contribution in [1.29, 1.82) is 0 Å². The van der Waals surface area contributed by atoms with E-state index in [0.29, 0.717) is 10.6 Å². The van der Waals surface area contributed by atoms with Crippen molar-refractivity contribution in [1.82, 2.24) is 10.3 Å². The van der Waals surface area contributed by atoms with Crippen LogP contribution in [0.5, 0.6) is 5.75 Å². The zero-order valence-electron chi connectivity index (χ0n) is 13.8. The highest BCUT2D eigenvalue weighted by molar-refractivity contribution is 7.21. The lowest BCUT2D eigenvalue weighted by molar-refractivity contribution is 0.0948. The standard InChI is InChI=1S/C18H19N3O2S/c1-10(2)20-17(22)16-15(19)13-8-9-14(21-18(13)24-16)11-4-6-12(23-3)7-5-11/h4-10H,19H2,1-3H3,(H,20,22). The number of thiophene rings is 1. The molecule has 1 amide bonds. The molecule has 3 rings (SSSR count). The van der Waals surface area contributed by atoms with Crippen LogP contribution in [0.25, 0.3) is 21.5 Å². The first-order valence-electron chi connectivity index (χ1n) is 7.64. The summed E-state index contributed by atoms with van der Waals surface area (Å²) in [5, 5.41) is 3.68. The molecule has 0 atom stereocenters. The number of nitrogens with two attached hydrogens (primary N) is 1. The Labute approximate surface area is 144 Å². The number of carbonyl (C=O) groups is 1. The predicted molar refractivity (Wildman–Crippen MR) is 98.6 cm³/mol. The molecule has 0 fully saturated rings. The van der Waals surface area contributed by atoms with Crippen LogP contribution in [0.4, 0.5) is 5.69 Å². The third-order valence-corrected chi connectivity index (χ3v) is 4.72. The quantitative estimate of drug-likeness (QED) is 0.759. The molecule has 0 radical (unpaired) electrons. The first-order chi connectivity index (χ1) is 11.5. The number of nitrogens with zero attached hydrogens (tertiary/aromatic N) is 1. The third-order valence-electron chi connectivity index (χ3n) is 3.61. The Morgan fingerprint density at radius 3 is 2.54 bits per heavy atom. The van der Waals surface area contributed by atoms with Gasteiger partial charge in [-0.1, -0.05) is 0 Å². The Balaban J connectivity index is 2.00. The molecule has 1 aromatic carbocycles. The van der Waals surface area contributed by atoms with E-state index in [2.05, 4.69) is 10.3 Å². The van der Waals surface area contributed by atoms with Crippen LogP contribution >= 0.6 is 11.3 Å². The second kappa shape index (κ2) is 6.49. The van der Waals surface area contributed by atoms with Crippen molar-refractivity contribution in [3.05, 3.63) is 41.3 Å². The first kappa shape index (κ1) is 16.3. The van der Waals surface area contributed by atoms with Crippen LogP contribution in [0.1, 0.15) is 23.5 Å². The number of hydrogen-bond donors (Lipinski definition) is 2. The van der Waals surface area contributed by atoms with Gasteiger partial charge in [0.05, 0.1) is 18.5 Å². The number of aromatic nitrogens is 1. The second-order valence-corrected chi connectivity index (χ2v) is 6.75. The number of fused-ring (bicyclic) bond motifs is 1. The van der Waals surface area contributed by atoms with E-state index in [4.69, 9.17) is 10.5 Å². The Morgan fingerprint density at radius 1 is 1.21 bits per heavy atom. The molecule has 0 unspecified atom stereocenters. The van der Waals surface area contributed by atoms with Crippen LogP contribution in [0.15, 0.2) is 36.4 Å². The number of benzene rings is 1. The van der Waals surface area contributed by atoms with Crippen LogP contribution in [0.3, 0.4) is 0 Å². The first-order valence-corrected chi connectivity index (χ1v) is 8.45. The minimum absolute atomic E-state index is 0.0601. The summed E-state index contributed by atoms with van der Waals surface area (Å²) in [6.45, 7) is 3.84. The summed E-state index contributed by atoms with van der Waals surface area (Å²) in [5.41, 5.74) is 8.44. The zero-order chi connectivity index (χ0) is 17.3. The van der Waals surface area contributed by atoms with E-state index < -0.39 is 0 Å². The van der Waals surface area contributed by atoms with Crippen molar-refractivity contribution in [2.24, 2.45) is 0 Å². The van der Waals surface area contributed by atoms with Gasteiger partial charge < -0.3 is 15.8 Å². The maximum atomic E-state index is 12.2. The van der Waals surface area contributed by atoms with Crippen LogP contribution in [0.2, 0.25) is 0 Å². The number of carbonyl (C=O) groups excluding carboxylic acids is 1. The van der Waals surface area contributed by atoms with Gasteiger partial charge in [-0.2, -0.15) is 0 Å². The van der Waals surface area contributed by atoms with E-state index in [9.17, 15) is 4.79 Å². The topological polar surface area (TPSA) is 77.2 Å². The van der Waals surface area contributed by atoms with Crippen molar-refractivity contribution in [2.75, 3.05) is 12.8 Å². The lowest BCUT2D eigenvalue weighted by atomic mass is 10.1. The van der Waals surface area contributed by atoms with E-state index in [0.717, 1.165) is 27.2 Å². The van der Waals surface area contributed by atoms with E-state index in [-0.39, 0.29) is 11.9 Å². The smallest absolute Gasteiger partial charge is 0.263 e. The highest BCUT2D eigenvalue weighted by Gasteiger charge is 2.18. The van der Waals surface area contributed by atoms with Gasteiger partial charge in [0.15, 0.2) is 0 Å². The molecule has 0 saturated heterocycles. The van der Waals surface area contributed by atoms with Crippen LogP contribution < -0.4 is 15.8 Å². The monoisotopic (exact) mass is 341 g/mol. The van der Waals surface area contributed by atoms with Crippen molar-refractivity contribution < 1.29 is 9.53 Å². The Morgan fingerprint density at radius 2 is 1.92 bits per heavy atom. The number of nitrogens with one attached hydrogen (secondary N) is 1. The van der Waals surface area contributed by atoms with Gasteiger partial charge in [0.2, 0.25) is 0 Å². The van der Waals surface area contributed by atoms with Gasteiger partial charge in [-0.25, -0.2) is 4.98 Å². The van der Waals surface area contributed by atoms with Gasteiger partial charge in [0.25, 0.3) is 5.91 Å². The molecule has 0 spiro atoms. The maximum absolute atomic E-state index is 12.2. The minimum atomic E-state index is -0.156. The number of rotatable bonds is 4. The lowest BCUT2D eigenvalue weighted by Crippen LogP contribution is -2.29. The number of hydrogen-bond acceptors (Lipinski definition) is 5. The fourth-order valence-electron chi connectivity index (χ4n) is 2.42. The van der Waals surface area contributed by atoms with Gasteiger partial charge in [-0.05, 0) is 50.2 Å². The fourth-order valence-corrected chi connectivity index (χ4v) is 3.41. The number of nitrogen functional groups attached to an aromatic ring is 1. The molecule has 0 bridgehead atoms. The Hall–Kier alpha value is -2.60.